The first-order chi connectivity index (χ1) is 16.2. The zero-order valence-corrected chi connectivity index (χ0v) is 19.2. The molecular weight excluding hydrogens is 438 g/mol. The molecule has 5 rings (SSSR count). The van der Waals surface area contributed by atoms with Crippen molar-refractivity contribution in [3.05, 3.63) is 54.7 Å². The van der Waals surface area contributed by atoms with Crippen LogP contribution in [0.5, 0.6) is 5.75 Å². The number of ether oxygens (including phenoxy) is 2. The summed E-state index contributed by atoms with van der Waals surface area (Å²) in [7, 11) is 0. The predicted molar refractivity (Wildman–Crippen MR) is 128 cm³/mol. The van der Waals surface area contributed by atoms with E-state index >= 15 is 0 Å². The Hall–Kier alpha value is -3.30. The van der Waals surface area contributed by atoms with Gasteiger partial charge in [0.15, 0.2) is 11.0 Å². The highest BCUT2D eigenvalue weighted by atomic mass is 32.2. The first-order valence-corrected chi connectivity index (χ1v) is 12.0. The number of nitrogens with one attached hydrogen (secondary N) is 1. The molecule has 1 saturated heterocycles. The van der Waals surface area contributed by atoms with Gasteiger partial charge in [-0.3, -0.25) is 9.36 Å². The third-order valence-electron chi connectivity index (χ3n) is 5.56. The molecule has 1 amide bonds. The number of carbonyl (C=O) groups is 1. The van der Waals surface area contributed by atoms with E-state index in [4.69, 9.17) is 9.47 Å². The van der Waals surface area contributed by atoms with Gasteiger partial charge in [0.2, 0.25) is 5.91 Å². The van der Waals surface area contributed by atoms with Gasteiger partial charge in [0.25, 0.3) is 0 Å². The van der Waals surface area contributed by atoms with E-state index in [-0.39, 0.29) is 5.91 Å². The third kappa shape index (κ3) is 4.46. The fraction of sp³-hybridized carbons (Fsp3) is 0.292. The number of nitrogens with zero attached hydrogens (tertiary/aromatic N) is 4. The van der Waals surface area contributed by atoms with Gasteiger partial charge in [-0.25, -0.2) is 0 Å². The summed E-state index contributed by atoms with van der Waals surface area (Å²) in [5.41, 5.74) is 2.90. The van der Waals surface area contributed by atoms with Crippen molar-refractivity contribution in [2.45, 2.75) is 12.1 Å². The van der Waals surface area contributed by atoms with E-state index in [0.717, 1.165) is 33.7 Å². The van der Waals surface area contributed by atoms with E-state index in [0.29, 0.717) is 43.8 Å². The Morgan fingerprint density at radius 1 is 1.12 bits per heavy atom. The second kappa shape index (κ2) is 9.68. The molecule has 0 radical (unpaired) electrons. The average Bonchev–Trinajstić information content (AvgIpc) is 3.48. The van der Waals surface area contributed by atoms with Crippen LogP contribution in [0.15, 0.2) is 59.9 Å². The lowest BCUT2D eigenvalue weighted by Gasteiger charge is -2.26. The second-order valence-corrected chi connectivity index (χ2v) is 8.54. The number of aromatic nitrogens is 4. The van der Waals surface area contributed by atoms with Gasteiger partial charge in [-0.05, 0) is 37.3 Å². The molecule has 4 aromatic rings. The maximum absolute atomic E-state index is 12.7. The number of morpholine rings is 1. The van der Waals surface area contributed by atoms with Gasteiger partial charge in [0, 0.05) is 41.4 Å². The largest absolute Gasteiger partial charge is 0.494 e. The molecule has 2 aromatic heterocycles. The highest BCUT2D eigenvalue weighted by molar-refractivity contribution is 7.99. The minimum absolute atomic E-state index is 0.0817. The number of fused-ring (bicyclic) bond motifs is 1. The summed E-state index contributed by atoms with van der Waals surface area (Å²) in [6, 6.07) is 15.9. The standard InChI is InChI=1S/C24H25N5O3S/c1-2-32-18-9-7-17(8-10-18)29-23(20-15-25-21-6-4-3-5-19(20)21)26-27-24(29)33-16-22(30)28-11-13-31-14-12-28/h3-10,15,25H,2,11-14,16H2,1H3. The zero-order chi connectivity index (χ0) is 22.6. The Kier molecular flexibility index (Phi) is 6.32. The predicted octanol–water partition coefficient (Wildman–Crippen LogP) is 3.77. The summed E-state index contributed by atoms with van der Waals surface area (Å²) in [6.07, 6.45) is 1.95. The zero-order valence-electron chi connectivity index (χ0n) is 18.4. The van der Waals surface area contributed by atoms with Crippen molar-refractivity contribution >= 4 is 28.6 Å². The number of amides is 1. The third-order valence-corrected chi connectivity index (χ3v) is 6.47. The van der Waals surface area contributed by atoms with Crippen LogP contribution in [0.25, 0.3) is 28.0 Å². The normalized spacial score (nSPS) is 14.0. The first kappa shape index (κ1) is 21.5. The fourth-order valence-electron chi connectivity index (χ4n) is 3.92. The molecule has 2 aromatic carbocycles. The minimum Gasteiger partial charge on any atom is -0.494 e. The van der Waals surface area contributed by atoms with Crippen molar-refractivity contribution in [1.82, 2.24) is 24.6 Å². The van der Waals surface area contributed by atoms with E-state index < -0.39 is 0 Å². The van der Waals surface area contributed by atoms with Crippen molar-refractivity contribution in [1.29, 1.82) is 0 Å². The van der Waals surface area contributed by atoms with Crippen LogP contribution < -0.4 is 4.74 Å². The molecule has 1 fully saturated rings. The molecule has 0 atom stereocenters. The van der Waals surface area contributed by atoms with Crippen molar-refractivity contribution in [2.75, 3.05) is 38.7 Å². The molecule has 0 unspecified atom stereocenters. The molecule has 0 spiro atoms. The Morgan fingerprint density at radius 3 is 2.70 bits per heavy atom. The number of thioether (sulfide) groups is 1. The van der Waals surface area contributed by atoms with E-state index in [1.165, 1.54) is 11.8 Å². The monoisotopic (exact) mass is 463 g/mol. The lowest BCUT2D eigenvalue weighted by atomic mass is 10.1. The van der Waals surface area contributed by atoms with Crippen molar-refractivity contribution in [2.24, 2.45) is 0 Å². The van der Waals surface area contributed by atoms with Gasteiger partial charge in [0.1, 0.15) is 5.75 Å². The van der Waals surface area contributed by atoms with Crippen LogP contribution in [0.2, 0.25) is 0 Å². The van der Waals surface area contributed by atoms with Crippen LogP contribution in [-0.4, -0.2) is 69.2 Å². The van der Waals surface area contributed by atoms with Crippen LogP contribution in [0, 0.1) is 0 Å². The van der Waals surface area contributed by atoms with Crippen molar-refractivity contribution in [3.8, 4) is 22.8 Å². The van der Waals surface area contributed by atoms with Crippen LogP contribution in [0.1, 0.15) is 6.92 Å². The number of aromatic amines is 1. The molecule has 1 aliphatic heterocycles. The first-order valence-electron chi connectivity index (χ1n) is 11.0. The van der Waals surface area contributed by atoms with Crippen LogP contribution in [-0.2, 0) is 9.53 Å². The van der Waals surface area contributed by atoms with Gasteiger partial charge >= 0.3 is 0 Å². The molecular formula is C24H25N5O3S. The van der Waals surface area contributed by atoms with E-state index in [2.05, 4.69) is 21.2 Å². The van der Waals surface area contributed by atoms with Gasteiger partial charge in [-0.15, -0.1) is 10.2 Å². The van der Waals surface area contributed by atoms with Gasteiger partial charge in [-0.2, -0.15) is 0 Å². The molecule has 3 heterocycles. The Labute approximate surface area is 195 Å². The Balaban J connectivity index is 1.50. The number of carbonyl (C=O) groups excluding carboxylic acids is 1. The highest BCUT2D eigenvalue weighted by Gasteiger charge is 2.22. The second-order valence-electron chi connectivity index (χ2n) is 7.60. The summed E-state index contributed by atoms with van der Waals surface area (Å²) in [6.45, 7) is 5.00. The molecule has 8 nitrogen and oxygen atoms in total. The summed E-state index contributed by atoms with van der Waals surface area (Å²) in [4.78, 5) is 17.9. The van der Waals surface area contributed by atoms with Crippen LogP contribution >= 0.6 is 11.8 Å². The molecule has 0 saturated carbocycles. The van der Waals surface area contributed by atoms with Crippen LogP contribution in [0.3, 0.4) is 0 Å². The molecule has 33 heavy (non-hydrogen) atoms. The summed E-state index contributed by atoms with van der Waals surface area (Å²) in [5, 5.41) is 10.7. The lowest BCUT2D eigenvalue weighted by Crippen LogP contribution is -2.41. The molecule has 0 bridgehead atoms. The fourth-order valence-corrected chi connectivity index (χ4v) is 4.77. The highest BCUT2D eigenvalue weighted by Crippen LogP contribution is 2.33. The number of hydrogen-bond donors (Lipinski definition) is 1. The number of rotatable bonds is 7. The number of para-hydroxylation sites is 1. The molecule has 1 aliphatic rings. The maximum atomic E-state index is 12.7. The quantitative estimate of drug-likeness (QED) is 0.420. The SMILES string of the molecule is CCOc1ccc(-n2c(SCC(=O)N3CCOCC3)nnc2-c2c[nH]c3ccccc23)cc1. The van der Waals surface area contributed by atoms with Gasteiger partial charge in [-0.1, -0.05) is 30.0 Å². The average molecular weight is 464 g/mol. The van der Waals surface area contributed by atoms with Crippen LogP contribution in [0.4, 0.5) is 0 Å². The van der Waals surface area contributed by atoms with E-state index in [1.54, 1.807) is 0 Å². The summed E-state index contributed by atoms with van der Waals surface area (Å²) < 4.78 is 13.0. The smallest absolute Gasteiger partial charge is 0.233 e. The van der Waals surface area contributed by atoms with Gasteiger partial charge in [0.05, 0.1) is 25.6 Å². The molecule has 9 heteroatoms. The lowest BCUT2D eigenvalue weighted by molar-refractivity contribution is -0.132. The molecule has 1 N–H and O–H groups in total. The topological polar surface area (TPSA) is 85.3 Å². The minimum atomic E-state index is 0.0817. The number of hydrogen-bond acceptors (Lipinski definition) is 6. The number of benzene rings is 2. The molecule has 170 valence electrons. The maximum Gasteiger partial charge on any atom is 0.233 e. The Morgan fingerprint density at radius 2 is 1.91 bits per heavy atom. The summed E-state index contributed by atoms with van der Waals surface area (Å²) in [5.74, 6) is 1.90. The van der Waals surface area contributed by atoms with Crippen molar-refractivity contribution < 1.29 is 14.3 Å². The van der Waals surface area contributed by atoms with Gasteiger partial charge < -0.3 is 19.4 Å². The Bertz CT molecular complexity index is 1240. The van der Waals surface area contributed by atoms with Crippen molar-refractivity contribution in [3.63, 3.8) is 0 Å². The van der Waals surface area contributed by atoms with E-state index in [9.17, 15) is 4.79 Å². The molecule has 0 aliphatic carbocycles. The summed E-state index contributed by atoms with van der Waals surface area (Å²) >= 11 is 1.40. The number of H-pyrrole nitrogens is 1. The van der Waals surface area contributed by atoms with E-state index in [1.807, 2.05) is 65.1 Å².